The van der Waals surface area contributed by atoms with Crippen molar-refractivity contribution in [2.24, 2.45) is 5.73 Å². The molecule has 0 radical (unpaired) electrons. The third kappa shape index (κ3) is 4.23. The minimum Gasteiger partial charge on any atom is -0.508 e. The van der Waals surface area contributed by atoms with Gasteiger partial charge in [-0.1, -0.05) is 12.8 Å². The zero-order valence-corrected chi connectivity index (χ0v) is 20.3. The van der Waals surface area contributed by atoms with Crippen LogP contribution >= 0.6 is 12.4 Å². The van der Waals surface area contributed by atoms with Crippen LogP contribution in [0, 0.1) is 0 Å². The van der Waals surface area contributed by atoms with Crippen molar-refractivity contribution in [1.29, 1.82) is 0 Å². The van der Waals surface area contributed by atoms with Crippen LogP contribution in [-0.2, 0) is 10.3 Å². The van der Waals surface area contributed by atoms with Gasteiger partial charge in [0.1, 0.15) is 23.0 Å². The number of hydrogen-bond acceptors (Lipinski definition) is 7. The van der Waals surface area contributed by atoms with Crippen molar-refractivity contribution in [3.63, 3.8) is 0 Å². The molecule has 5 N–H and O–H groups in total. The molecule has 3 aromatic carbocycles. The summed E-state index contributed by atoms with van der Waals surface area (Å²) in [5.41, 5.74) is 6.38. The molecule has 0 unspecified atom stereocenters. The summed E-state index contributed by atoms with van der Waals surface area (Å²) < 4.78 is 12.0. The summed E-state index contributed by atoms with van der Waals surface area (Å²) in [7, 11) is 0. The molecule has 9 heteroatoms. The van der Waals surface area contributed by atoms with Crippen molar-refractivity contribution < 1.29 is 29.3 Å². The molecule has 3 aromatic rings. The maximum atomic E-state index is 13.0. The minimum atomic E-state index is -1.39. The van der Waals surface area contributed by atoms with Crippen molar-refractivity contribution in [1.82, 2.24) is 5.32 Å². The second-order valence-corrected chi connectivity index (χ2v) is 8.75. The fraction of sp³-hybridized carbons (Fsp3) is 0.259. The molecule has 0 bridgehead atoms. The Kier molecular flexibility index (Phi) is 7.10. The summed E-state index contributed by atoms with van der Waals surface area (Å²) >= 11 is 0. The summed E-state index contributed by atoms with van der Waals surface area (Å²) in [6, 6.07) is 14.0. The number of hydrogen-bond donors (Lipinski definition) is 4. The molecular weight excluding hydrogens is 484 g/mol. The Hall–Kier alpha value is -3.75. The highest BCUT2D eigenvalue weighted by atomic mass is 35.5. The van der Waals surface area contributed by atoms with Crippen molar-refractivity contribution in [3.8, 4) is 23.0 Å². The third-order valence-electron chi connectivity index (χ3n) is 6.45. The molecule has 0 saturated carbocycles. The topological polar surface area (TPSA) is 131 Å². The Bertz CT molecular complexity index is 1270. The van der Waals surface area contributed by atoms with Crippen LogP contribution in [0.1, 0.15) is 63.1 Å². The number of fused-ring (bicyclic) bond motifs is 6. The molecule has 2 aliphatic heterocycles. The number of nitrogens with two attached hydrogens (primary N) is 1. The summed E-state index contributed by atoms with van der Waals surface area (Å²) in [4.78, 5) is 25.9. The second-order valence-electron chi connectivity index (χ2n) is 8.75. The molecule has 0 aliphatic carbocycles. The first-order valence-corrected chi connectivity index (χ1v) is 11.6. The lowest BCUT2D eigenvalue weighted by Gasteiger charge is -2.36. The van der Waals surface area contributed by atoms with Gasteiger partial charge in [-0.3, -0.25) is 4.79 Å². The van der Waals surface area contributed by atoms with Crippen molar-refractivity contribution in [2.75, 3.05) is 13.1 Å². The maximum Gasteiger partial charge on any atom is 0.340 e. The van der Waals surface area contributed by atoms with Gasteiger partial charge in [0, 0.05) is 40.9 Å². The van der Waals surface area contributed by atoms with Gasteiger partial charge in [-0.05, 0) is 61.9 Å². The van der Waals surface area contributed by atoms with Crippen LogP contribution in [0.3, 0.4) is 0 Å². The van der Waals surface area contributed by atoms with Gasteiger partial charge in [0.05, 0.1) is 5.56 Å². The number of phenols is 2. The number of halogens is 1. The van der Waals surface area contributed by atoms with Gasteiger partial charge in [0.15, 0.2) is 5.60 Å². The first-order chi connectivity index (χ1) is 16.9. The monoisotopic (exact) mass is 510 g/mol. The van der Waals surface area contributed by atoms with E-state index >= 15 is 0 Å². The van der Waals surface area contributed by atoms with E-state index in [0.717, 1.165) is 25.7 Å². The Balaban J connectivity index is 0.00000304. The maximum absolute atomic E-state index is 13.0. The second kappa shape index (κ2) is 10.1. The van der Waals surface area contributed by atoms with Gasteiger partial charge in [-0.2, -0.15) is 0 Å². The number of carbonyl (C=O) groups excluding carboxylic acids is 2. The molecule has 2 heterocycles. The summed E-state index contributed by atoms with van der Waals surface area (Å²) in [5, 5.41) is 23.0. The smallest absolute Gasteiger partial charge is 0.340 e. The van der Waals surface area contributed by atoms with E-state index < -0.39 is 11.6 Å². The number of amides is 1. The molecule has 0 atom stereocenters. The highest BCUT2D eigenvalue weighted by Crippen LogP contribution is 2.57. The Morgan fingerprint density at radius 2 is 1.50 bits per heavy atom. The van der Waals surface area contributed by atoms with Crippen molar-refractivity contribution in [2.45, 2.75) is 31.3 Å². The van der Waals surface area contributed by atoms with E-state index in [9.17, 15) is 19.8 Å². The van der Waals surface area contributed by atoms with Gasteiger partial charge >= 0.3 is 5.97 Å². The van der Waals surface area contributed by atoms with E-state index in [-0.39, 0.29) is 41.3 Å². The number of esters is 1. The van der Waals surface area contributed by atoms with Crippen LogP contribution in [0.5, 0.6) is 23.0 Å². The van der Waals surface area contributed by atoms with Gasteiger partial charge in [0.2, 0.25) is 0 Å². The molecular formula is C27H27ClN2O6. The van der Waals surface area contributed by atoms with E-state index in [2.05, 4.69) is 5.32 Å². The first-order valence-electron chi connectivity index (χ1n) is 11.6. The molecule has 36 heavy (non-hydrogen) atoms. The molecule has 2 aliphatic rings. The molecule has 1 amide bonds. The number of rotatable bonds is 7. The fourth-order valence-corrected chi connectivity index (χ4v) is 4.77. The lowest BCUT2D eigenvalue weighted by Crippen LogP contribution is -2.33. The lowest BCUT2D eigenvalue weighted by molar-refractivity contribution is 0.0224. The standard InChI is InChI=1S/C27H26N2O6.ClH/c28-11-3-1-2-4-12-29-25(32)16-5-8-19-22(13-16)27(35-26(19)33)20-9-6-17(30)14-23(20)34-24-15-18(31)7-10-21(24)27;/h5-10,13-15,30-31H,1-4,11-12,28H2,(H,29,32);1H. The molecule has 1 spiro atoms. The largest absolute Gasteiger partial charge is 0.508 e. The number of aromatic hydroxyl groups is 2. The van der Waals surface area contributed by atoms with Crippen molar-refractivity contribution >= 4 is 24.3 Å². The minimum absolute atomic E-state index is 0. The van der Waals surface area contributed by atoms with Crippen LogP contribution in [0.25, 0.3) is 0 Å². The van der Waals surface area contributed by atoms with Crippen LogP contribution in [0.2, 0.25) is 0 Å². The van der Waals surface area contributed by atoms with E-state index in [4.69, 9.17) is 15.2 Å². The van der Waals surface area contributed by atoms with Gasteiger partial charge < -0.3 is 30.7 Å². The predicted molar refractivity (Wildman–Crippen MR) is 135 cm³/mol. The summed E-state index contributed by atoms with van der Waals surface area (Å²) in [6.45, 7) is 1.21. The number of carbonyl (C=O) groups is 2. The number of phenolic OH excluding ortho intramolecular Hbond substituents is 2. The van der Waals surface area contributed by atoms with Gasteiger partial charge in [-0.25, -0.2) is 4.79 Å². The Labute approximate surface area is 214 Å². The number of benzene rings is 3. The zero-order valence-electron chi connectivity index (χ0n) is 19.5. The van der Waals surface area contributed by atoms with Crippen LogP contribution < -0.4 is 15.8 Å². The van der Waals surface area contributed by atoms with Crippen LogP contribution in [0.15, 0.2) is 54.6 Å². The van der Waals surface area contributed by atoms with E-state index in [0.29, 0.717) is 40.9 Å². The predicted octanol–water partition coefficient (Wildman–Crippen LogP) is 4.34. The molecule has 5 rings (SSSR count). The zero-order chi connectivity index (χ0) is 24.6. The highest BCUT2D eigenvalue weighted by molar-refractivity contribution is 6.00. The van der Waals surface area contributed by atoms with E-state index in [1.807, 2.05) is 0 Å². The van der Waals surface area contributed by atoms with Gasteiger partial charge in [-0.15, -0.1) is 12.4 Å². The molecule has 0 saturated heterocycles. The summed E-state index contributed by atoms with van der Waals surface area (Å²) in [6.07, 6.45) is 3.84. The normalized spacial score (nSPS) is 14.1. The number of ether oxygens (including phenoxy) is 2. The fourth-order valence-electron chi connectivity index (χ4n) is 4.77. The average Bonchev–Trinajstić information content (AvgIpc) is 3.13. The summed E-state index contributed by atoms with van der Waals surface area (Å²) in [5.74, 6) is -0.248. The van der Waals surface area contributed by atoms with E-state index in [1.165, 1.54) is 24.3 Å². The molecule has 8 nitrogen and oxygen atoms in total. The first kappa shape index (κ1) is 25.3. The quantitative estimate of drug-likeness (QED) is 0.275. The molecule has 0 fully saturated rings. The van der Waals surface area contributed by atoms with Crippen molar-refractivity contribution in [3.05, 3.63) is 82.4 Å². The van der Waals surface area contributed by atoms with E-state index in [1.54, 1.807) is 30.3 Å². The highest BCUT2D eigenvalue weighted by Gasteiger charge is 2.53. The third-order valence-corrected chi connectivity index (χ3v) is 6.45. The number of unbranched alkanes of at least 4 members (excludes halogenated alkanes) is 3. The van der Waals surface area contributed by atoms with Crippen LogP contribution in [0.4, 0.5) is 0 Å². The SMILES string of the molecule is Cl.NCCCCCCNC(=O)c1ccc2c(c1)C1(OC2=O)c2ccc(O)cc2Oc2cc(O)ccc21. The molecule has 0 aromatic heterocycles. The Morgan fingerprint density at radius 1 is 0.861 bits per heavy atom. The van der Waals surface area contributed by atoms with Gasteiger partial charge in [0.25, 0.3) is 5.91 Å². The molecule has 188 valence electrons. The lowest BCUT2D eigenvalue weighted by atomic mass is 9.77. The average molecular weight is 511 g/mol. The van der Waals surface area contributed by atoms with Crippen LogP contribution in [-0.4, -0.2) is 35.2 Å². The Morgan fingerprint density at radius 3 is 2.14 bits per heavy atom. The number of nitrogens with one attached hydrogen (secondary N) is 1.